The fourth-order valence-electron chi connectivity index (χ4n) is 2.43. The molecular weight excluding hydrogens is 277 g/mol. The van der Waals surface area contributed by atoms with Crippen LogP contribution in [0.25, 0.3) is 0 Å². The first-order chi connectivity index (χ1) is 9.20. The van der Waals surface area contributed by atoms with E-state index in [9.17, 15) is 22.8 Å². The molecule has 1 aliphatic rings. The van der Waals surface area contributed by atoms with Gasteiger partial charge in [-0.1, -0.05) is 19.3 Å². The minimum atomic E-state index is -4.50. The van der Waals surface area contributed by atoms with Gasteiger partial charge in [-0.2, -0.15) is 13.2 Å². The molecule has 0 bridgehead atoms. The number of urea groups is 1. The third-order valence-corrected chi connectivity index (χ3v) is 3.43. The molecule has 1 fully saturated rings. The molecule has 8 heteroatoms. The number of nitrogens with one attached hydrogen (secondary N) is 1. The second-order valence-corrected chi connectivity index (χ2v) is 5.13. The lowest BCUT2D eigenvalue weighted by Crippen LogP contribution is -2.52. The standard InChI is InChI=1S/C12H19F3N2O3/c1-17(7-12(13,14)15)11(20)16-9(10(18)19)8-5-3-2-4-6-8/h8-9H,2-7H2,1H3,(H,16,20)(H,18,19). The van der Waals surface area contributed by atoms with Crippen molar-refractivity contribution in [3.63, 3.8) is 0 Å². The van der Waals surface area contributed by atoms with Crippen LogP contribution in [0.3, 0.4) is 0 Å². The van der Waals surface area contributed by atoms with E-state index in [0.29, 0.717) is 17.7 Å². The van der Waals surface area contributed by atoms with Crippen molar-refractivity contribution in [1.82, 2.24) is 10.2 Å². The summed E-state index contributed by atoms with van der Waals surface area (Å²) in [6, 6.07) is -2.14. The van der Waals surface area contributed by atoms with Gasteiger partial charge in [0, 0.05) is 7.05 Å². The second-order valence-electron chi connectivity index (χ2n) is 5.13. The van der Waals surface area contributed by atoms with E-state index in [2.05, 4.69) is 5.32 Å². The van der Waals surface area contributed by atoms with E-state index < -0.39 is 30.8 Å². The van der Waals surface area contributed by atoms with Gasteiger partial charge >= 0.3 is 18.2 Å². The maximum atomic E-state index is 12.2. The molecule has 0 heterocycles. The minimum absolute atomic E-state index is 0.218. The maximum Gasteiger partial charge on any atom is 0.406 e. The van der Waals surface area contributed by atoms with Gasteiger partial charge in [0.05, 0.1) is 0 Å². The van der Waals surface area contributed by atoms with Gasteiger partial charge in [-0.15, -0.1) is 0 Å². The Morgan fingerprint density at radius 3 is 2.30 bits per heavy atom. The summed E-state index contributed by atoms with van der Waals surface area (Å²) in [5, 5.41) is 11.3. The zero-order valence-corrected chi connectivity index (χ0v) is 11.2. The monoisotopic (exact) mass is 296 g/mol. The Hall–Kier alpha value is -1.47. The quantitative estimate of drug-likeness (QED) is 0.835. The van der Waals surface area contributed by atoms with Crippen LogP contribution in [0.15, 0.2) is 0 Å². The third-order valence-electron chi connectivity index (χ3n) is 3.43. The van der Waals surface area contributed by atoms with Crippen LogP contribution in [0.1, 0.15) is 32.1 Å². The van der Waals surface area contributed by atoms with Gasteiger partial charge in [-0.05, 0) is 18.8 Å². The summed E-state index contributed by atoms with van der Waals surface area (Å²) < 4.78 is 36.5. The Labute approximate surface area is 115 Å². The van der Waals surface area contributed by atoms with Crippen LogP contribution < -0.4 is 5.32 Å². The largest absolute Gasteiger partial charge is 0.480 e. The predicted molar refractivity (Wildman–Crippen MR) is 65.2 cm³/mol. The van der Waals surface area contributed by atoms with Crippen molar-refractivity contribution >= 4 is 12.0 Å². The van der Waals surface area contributed by atoms with E-state index in [1.165, 1.54) is 0 Å². The van der Waals surface area contributed by atoms with E-state index in [0.717, 1.165) is 26.3 Å². The normalized spacial score (nSPS) is 18.4. The topological polar surface area (TPSA) is 69.6 Å². The molecule has 0 aromatic heterocycles. The number of halogens is 3. The zero-order valence-electron chi connectivity index (χ0n) is 11.2. The SMILES string of the molecule is CN(CC(F)(F)F)C(=O)NC(C(=O)O)C1CCCCC1. The van der Waals surface area contributed by atoms with Crippen molar-refractivity contribution in [3.8, 4) is 0 Å². The molecule has 0 aromatic carbocycles. The van der Waals surface area contributed by atoms with Gasteiger partial charge in [0.25, 0.3) is 0 Å². The van der Waals surface area contributed by atoms with Gasteiger partial charge in [-0.3, -0.25) is 0 Å². The number of nitrogens with zero attached hydrogens (tertiary/aromatic N) is 1. The third kappa shape index (κ3) is 5.26. The molecule has 1 aliphatic carbocycles. The van der Waals surface area contributed by atoms with Crippen LogP contribution in [0.2, 0.25) is 0 Å². The molecule has 1 rings (SSSR count). The molecule has 0 radical (unpaired) electrons. The van der Waals surface area contributed by atoms with Crippen molar-refractivity contribution in [2.45, 2.75) is 44.3 Å². The highest BCUT2D eigenvalue weighted by atomic mass is 19.4. The summed E-state index contributed by atoms with van der Waals surface area (Å²) in [6.07, 6.45) is -0.397. The van der Waals surface area contributed by atoms with Gasteiger partial charge < -0.3 is 15.3 Å². The fourth-order valence-corrected chi connectivity index (χ4v) is 2.43. The highest BCUT2D eigenvalue weighted by molar-refractivity contribution is 5.82. The summed E-state index contributed by atoms with van der Waals surface area (Å²) in [5.41, 5.74) is 0. The summed E-state index contributed by atoms with van der Waals surface area (Å²) in [7, 11) is 0.989. The van der Waals surface area contributed by atoms with Crippen LogP contribution in [0.4, 0.5) is 18.0 Å². The zero-order chi connectivity index (χ0) is 15.3. The summed E-state index contributed by atoms with van der Waals surface area (Å²) in [6.45, 7) is -1.41. The number of alkyl halides is 3. The molecular formula is C12H19F3N2O3. The number of amides is 2. The summed E-state index contributed by atoms with van der Waals surface area (Å²) in [5.74, 6) is -1.42. The molecule has 20 heavy (non-hydrogen) atoms. The fraction of sp³-hybridized carbons (Fsp3) is 0.833. The Balaban J connectivity index is 2.60. The molecule has 2 N–H and O–H groups in total. The average molecular weight is 296 g/mol. The smallest absolute Gasteiger partial charge is 0.406 e. The van der Waals surface area contributed by atoms with Crippen LogP contribution >= 0.6 is 0 Å². The number of aliphatic carboxylic acids is 1. The number of hydrogen-bond donors (Lipinski definition) is 2. The van der Waals surface area contributed by atoms with Crippen molar-refractivity contribution in [2.24, 2.45) is 5.92 Å². The Morgan fingerprint density at radius 1 is 1.30 bits per heavy atom. The van der Waals surface area contributed by atoms with Gasteiger partial charge in [0.15, 0.2) is 0 Å². The molecule has 0 aliphatic heterocycles. The van der Waals surface area contributed by atoms with Crippen LogP contribution in [0, 0.1) is 5.92 Å². The summed E-state index contributed by atoms with van der Waals surface area (Å²) >= 11 is 0. The first-order valence-electron chi connectivity index (χ1n) is 6.52. The van der Waals surface area contributed by atoms with Crippen molar-refractivity contribution in [3.05, 3.63) is 0 Å². The lowest BCUT2D eigenvalue weighted by atomic mass is 9.84. The van der Waals surface area contributed by atoms with Crippen LogP contribution in [0.5, 0.6) is 0 Å². The number of carboxylic acid groups (broad SMARTS) is 1. The van der Waals surface area contributed by atoms with E-state index in [1.807, 2.05) is 0 Å². The summed E-state index contributed by atoms with van der Waals surface area (Å²) in [4.78, 5) is 23.3. The van der Waals surface area contributed by atoms with Crippen LogP contribution in [-0.2, 0) is 4.79 Å². The number of hydrogen-bond acceptors (Lipinski definition) is 2. The maximum absolute atomic E-state index is 12.2. The Bertz CT molecular complexity index is 354. The first kappa shape index (κ1) is 16.6. The average Bonchev–Trinajstić information content (AvgIpc) is 2.34. The molecule has 1 unspecified atom stereocenters. The molecule has 5 nitrogen and oxygen atoms in total. The predicted octanol–water partition coefficient (Wildman–Crippen LogP) is 2.22. The lowest BCUT2D eigenvalue weighted by Gasteiger charge is -2.29. The van der Waals surface area contributed by atoms with E-state index in [4.69, 9.17) is 5.11 Å². The van der Waals surface area contributed by atoms with E-state index in [1.54, 1.807) is 0 Å². The Morgan fingerprint density at radius 2 is 1.85 bits per heavy atom. The number of carbonyl (C=O) groups excluding carboxylic acids is 1. The van der Waals surface area contributed by atoms with E-state index in [-0.39, 0.29) is 5.92 Å². The van der Waals surface area contributed by atoms with Crippen molar-refractivity contribution in [1.29, 1.82) is 0 Å². The first-order valence-corrected chi connectivity index (χ1v) is 6.52. The van der Waals surface area contributed by atoms with Crippen molar-refractivity contribution < 1.29 is 27.9 Å². The molecule has 0 spiro atoms. The van der Waals surface area contributed by atoms with Gasteiger partial charge in [0.2, 0.25) is 0 Å². The second kappa shape index (κ2) is 6.81. The molecule has 1 saturated carbocycles. The van der Waals surface area contributed by atoms with Gasteiger partial charge in [-0.25, -0.2) is 9.59 Å². The molecule has 2 amide bonds. The minimum Gasteiger partial charge on any atom is -0.480 e. The molecule has 0 aromatic rings. The molecule has 1 atom stereocenters. The number of rotatable bonds is 4. The molecule has 0 saturated heterocycles. The molecule has 116 valence electrons. The van der Waals surface area contributed by atoms with E-state index >= 15 is 0 Å². The number of carboxylic acids is 1. The highest BCUT2D eigenvalue weighted by Crippen LogP contribution is 2.26. The lowest BCUT2D eigenvalue weighted by molar-refractivity contribution is -0.141. The Kier molecular flexibility index (Phi) is 5.64. The number of carbonyl (C=O) groups is 2. The van der Waals surface area contributed by atoms with Crippen molar-refractivity contribution in [2.75, 3.05) is 13.6 Å². The van der Waals surface area contributed by atoms with Crippen LogP contribution in [-0.4, -0.2) is 47.8 Å². The van der Waals surface area contributed by atoms with Gasteiger partial charge in [0.1, 0.15) is 12.6 Å². The highest BCUT2D eigenvalue weighted by Gasteiger charge is 2.35.